The Morgan fingerprint density at radius 2 is 1.96 bits per heavy atom. The van der Waals surface area contributed by atoms with Gasteiger partial charge in [0.1, 0.15) is 12.4 Å². The number of halogens is 1. The van der Waals surface area contributed by atoms with Crippen molar-refractivity contribution in [2.75, 3.05) is 33.4 Å². The van der Waals surface area contributed by atoms with Gasteiger partial charge in [0.05, 0.1) is 12.7 Å². The van der Waals surface area contributed by atoms with Crippen LogP contribution in [0, 0.1) is 12.8 Å². The number of nitrogens with zero attached hydrogens (tertiary/aromatic N) is 4. The van der Waals surface area contributed by atoms with Crippen LogP contribution in [0.4, 0.5) is 0 Å². The third kappa shape index (κ3) is 8.20. The molecule has 9 heteroatoms. The molecule has 162 valence electrons. The summed E-state index contributed by atoms with van der Waals surface area (Å²) in [4.78, 5) is 4.66. The maximum absolute atomic E-state index is 6.01. The Morgan fingerprint density at radius 1 is 1.25 bits per heavy atom. The zero-order chi connectivity index (χ0) is 19.5. The van der Waals surface area contributed by atoms with Gasteiger partial charge in [0.25, 0.3) is 0 Å². The number of hydrogen-bond acceptors (Lipinski definition) is 5. The normalized spacial score (nSPS) is 16.1. The van der Waals surface area contributed by atoms with Crippen LogP contribution >= 0.6 is 24.0 Å². The fourth-order valence-electron chi connectivity index (χ4n) is 3.52. The number of rotatable bonds is 11. The Balaban J connectivity index is 0.00000392. The smallest absolute Gasteiger partial charge is 0.191 e. The number of aromatic nitrogens is 3. The van der Waals surface area contributed by atoms with Crippen LogP contribution in [-0.2, 0) is 23.1 Å². The number of aliphatic imine (C=N–C) groups is 1. The summed E-state index contributed by atoms with van der Waals surface area (Å²) in [7, 11) is 3.66. The summed E-state index contributed by atoms with van der Waals surface area (Å²) in [5, 5.41) is 15.0. The van der Waals surface area contributed by atoms with Gasteiger partial charge < -0.3 is 24.7 Å². The Bertz CT molecular complexity index is 575. The molecule has 1 atom stereocenters. The molecular formula is C19H37IN6O2. The van der Waals surface area contributed by atoms with Crippen molar-refractivity contribution in [3.63, 3.8) is 0 Å². The Kier molecular flexibility index (Phi) is 12.6. The predicted molar refractivity (Wildman–Crippen MR) is 122 cm³/mol. The van der Waals surface area contributed by atoms with Crippen LogP contribution in [0.5, 0.6) is 0 Å². The van der Waals surface area contributed by atoms with E-state index in [0.717, 1.165) is 37.2 Å². The molecule has 0 saturated heterocycles. The number of hydrogen-bond donors (Lipinski definition) is 2. The van der Waals surface area contributed by atoms with Crippen molar-refractivity contribution < 1.29 is 9.47 Å². The highest BCUT2D eigenvalue weighted by atomic mass is 127. The Hall–Kier alpha value is -0.940. The molecule has 1 aliphatic rings. The van der Waals surface area contributed by atoms with E-state index in [0.29, 0.717) is 31.7 Å². The molecule has 0 spiro atoms. The van der Waals surface area contributed by atoms with Crippen molar-refractivity contribution in [2.45, 2.75) is 58.6 Å². The molecule has 2 N–H and O–H groups in total. The first-order valence-corrected chi connectivity index (χ1v) is 10.1. The molecular weight excluding hydrogens is 471 g/mol. The minimum atomic E-state index is 0. The Labute approximate surface area is 186 Å². The van der Waals surface area contributed by atoms with E-state index in [-0.39, 0.29) is 24.0 Å². The molecule has 0 radical (unpaired) electrons. The largest absolute Gasteiger partial charge is 0.383 e. The molecule has 1 aromatic rings. The molecule has 1 aliphatic carbocycles. The van der Waals surface area contributed by atoms with E-state index >= 15 is 0 Å². The lowest BCUT2D eigenvalue weighted by molar-refractivity contribution is 0.0169. The van der Waals surface area contributed by atoms with E-state index in [4.69, 9.17) is 9.47 Å². The van der Waals surface area contributed by atoms with Crippen LogP contribution in [0.2, 0.25) is 0 Å². The molecule has 0 bridgehead atoms. The summed E-state index contributed by atoms with van der Waals surface area (Å²) in [5.41, 5.74) is 0. The van der Waals surface area contributed by atoms with Gasteiger partial charge in [-0.3, -0.25) is 0 Å². The third-order valence-electron chi connectivity index (χ3n) is 5.19. The van der Waals surface area contributed by atoms with Gasteiger partial charge in [-0.25, -0.2) is 4.99 Å². The van der Waals surface area contributed by atoms with Gasteiger partial charge in [-0.1, -0.05) is 12.8 Å². The van der Waals surface area contributed by atoms with E-state index in [1.807, 2.05) is 18.5 Å². The highest BCUT2D eigenvalue weighted by molar-refractivity contribution is 14.0. The van der Waals surface area contributed by atoms with Crippen molar-refractivity contribution in [1.29, 1.82) is 0 Å². The number of methoxy groups -OCH3 is 1. The van der Waals surface area contributed by atoms with Crippen molar-refractivity contribution >= 4 is 29.9 Å². The maximum atomic E-state index is 6.01. The number of ether oxygens (including phenoxy) is 2. The lowest BCUT2D eigenvalue weighted by Crippen LogP contribution is -2.41. The van der Waals surface area contributed by atoms with Crippen LogP contribution in [0.3, 0.4) is 0 Å². The van der Waals surface area contributed by atoms with Crippen molar-refractivity contribution in [2.24, 2.45) is 18.0 Å². The van der Waals surface area contributed by atoms with E-state index in [1.165, 1.54) is 25.7 Å². The summed E-state index contributed by atoms with van der Waals surface area (Å²) < 4.78 is 13.1. The first kappa shape index (κ1) is 25.1. The number of nitrogens with one attached hydrogen (secondary N) is 2. The average Bonchev–Trinajstić information content (AvgIpc) is 3.30. The molecule has 1 aromatic heterocycles. The minimum Gasteiger partial charge on any atom is -0.383 e. The first-order chi connectivity index (χ1) is 13.2. The van der Waals surface area contributed by atoms with Crippen molar-refractivity contribution in [3.05, 3.63) is 11.6 Å². The van der Waals surface area contributed by atoms with E-state index < -0.39 is 0 Å². The monoisotopic (exact) mass is 508 g/mol. The zero-order valence-corrected chi connectivity index (χ0v) is 20.1. The lowest BCUT2D eigenvalue weighted by atomic mass is 9.98. The SMILES string of the molecule is CCOC(CCNC(=NCc1nnc(C)n1C)NCCOC)C1CCCC1.I. The molecule has 8 nitrogen and oxygen atoms in total. The second-order valence-corrected chi connectivity index (χ2v) is 7.06. The molecule has 1 unspecified atom stereocenters. The van der Waals surface area contributed by atoms with Crippen LogP contribution in [-0.4, -0.2) is 60.2 Å². The zero-order valence-electron chi connectivity index (χ0n) is 17.7. The first-order valence-electron chi connectivity index (χ1n) is 10.1. The molecule has 0 aromatic carbocycles. The van der Waals surface area contributed by atoms with Gasteiger partial charge in [0, 0.05) is 33.9 Å². The number of aryl methyl sites for hydroxylation is 1. The molecule has 2 rings (SSSR count). The summed E-state index contributed by atoms with van der Waals surface area (Å²) in [6.07, 6.45) is 6.60. The second-order valence-electron chi connectivity index (χ2n) is 7.06. The predicted octanol–water partition coefficient (Wildman–Crippen LogP) is 2.41. The summed E-state index contributed by atoms with van der Waals surface area (Å²) in [5.74, 6) is 3.21. The van der Waals surface area contributed by atoms with Gasteiger partial charge >= 0.3 is 0 Å². The van der Waals surface area contributed by atoms with Crippen LogP contribution in [0.25, 0.3) is 0 Å². The number of guanidine groups is 1. The minimum absolute atomic E-state index is 0. The molecule has 1 saturated carbocycles. The molecule has 1 heterocycles. The van der Waals surface area contributed by atoms with Crippen LogP contribution < -0.4 is 10.6 Å². The second kappa shape index (κ2) is 14.1. The fourth-order valence-corrected chi connectivity index (χ4v) is 3.52. The highest BCUT2D eigenvalue weighted by Gasteiger charge is 2.25. The molecule has 1 fully saturated rings. The average molecular weight is 508 g/mol. The standard InChI is InChI=1S/C19H36N6O2.HI/c1-5-27-17(16-8-6-7-9-16)10-11-20-19(21-12-13-26-4)22-14-18-24-23-15(2)25(18)3;/h16-17H,5-14H2,1-4H3,(H2,20,21,22);1H. The summed E-state index contributed by atoms with van der Waals surface area (Å²) in [6, 6.07) is 0. The van der Waals surface area contributed by atoms with Gasteiger partial charge in [-0.2, -0.15) is 0 Å². The molecule has 0 aliphatic heterocycles. The van der Waals surface area contributed by atoms with Gasteiger partial charge in [-0.05, 0) is 39.0 Å². The fraction of sp³-hybridized carbons (Fsp3) is 0.842. The van der Waals surface area contributed by atoms with E-state index in [1.54, 1.807) is 7.11 Å². The quantitative estimate of drug-likeness (QED) is 0.207. The molecule has 0 amide bonds. The van der Waals surface area contributed by atoms with Crippen molar-refractivity contribution in [3.8, 4) is 0 Å². The summed E-state index contributed by atoms with van der Waals surface area (Å²) in [6.45, 7) is 7.45. The highest BCUT2D eigenvalue weighted by Crippen LogP contribution is 2.30. The van der Waals surface area contributed by atoms with Gasteiger partial charge in [-0.15, -0.1) is 34.2 Å². The van der Waals surface area contributed by atoms with Gasteiger partial charge in [0.15, 0.2) is 11.8 Å². The Morgan fingerprint density at radius 3 is 2.57 bits per heavy atom. The topological polar surface area (TPSA) is 85.6 Å². The van der Waals surface area contributed by atoms with Crippen LogP contribution in [0.1, 0.15) is 50.7 Å². The lowest BCUT2D eigenvalue weighted by Gasteiger charge is -2.24. The van der Waals surface area contributed by atoms with Crippen LogP contribution in [0.15, 0.2) is 4.99 Å². The maximum Gasteiger partial charge on any atom is 0.191 e. The summed E-state index contributed by atoms with van der Waals surface area (Å²) >= 11 is 0. The van der Waals surface area contributed by atoms with Gasteiger partial charge in [0.2, 0.25) is 0 Å². The molecule has 28 heavy (non-hydrogen) atoms. The third-order valence-corrected chi connectivity index (χ3v) is 5.19. The van der Waals surface area contributed by atoms with E-state index in [2.05, 4.69) is 32.7 Å². The van der Waals surface area contributed by atoms with E-state index in [9.17, 15) is 0 Å². The van der Waals surface area contributed by atoms with Crippen molar-refractivity contribution in [1.82, 2.24) is 25.4 Å².